The first-order valence-corrected chi connectivity index (χ1v) is 25.9. The van der Waals surface area contributed by atoms with Crippen molar-refractivity contribution in [3.8, 4) is 0 Å². The first-order valence-electron chi connectivity index (χ1n) is 25.9. The van der Waals surface area contributed by atoms with Gasteiger partial charge in [0.2, 0.25) is 5.91 Å². The Morgan fingerprint density at radius 1 is 0.547 bits per heavy atom. The van der Waals surface area contributed by atoms with Gasteiger partial charge in [0.15, 0.2) is 12.6 Å². The van der Waals surface area contributed by atoms with Gasteiger partial charge in [-0.3, -0.25) is 4.79 Å². The number of rotatable bonds is 40. The number of unbranched alkanes of at least 4 members (excludes halogenated alkanes) is 27. The molecule has 0 radical (unpaired) electrons. The minimum Gasteiger partial charge on any atom is -0.394 e. The largest absolute Gasteiger partial charge is 0.394 e. The van der Waals surface area contributed by atoms with Crippen LogP contribution in [0.3, 0.4) is 0 Å². The number of ether oxygens (including phenoxy) is 4. The first kappa shape index (κ1) is 58.9. The Balaban J connectivity index is 1.80. The van der Waals surface area contributed by atoms with Crippen LogP contribution in [-0.4, -0.2) is 140 Å². The number of aliphatic hydroxyl groups is 8. The molecule has 2 rings (SSSR count). The lowest BCUT2D eigenvalue weighted by Gasteiger charge is -2.46. The van der Waals surface area contributed by atoms with Crippen LogP contribution in [0.4, 0.5) is 0 Å². The number of hydrogen-bond donors (Lipinski definition) is 9. The monoisotopic (exact) mass is 918 g/mol. The van der Waals surface area contributed by atoms with Crippen LogP contribution < -0.4 is 5.32 Å². The molecule has 0 aromatic heterocycles. The quantitative estimate of drug-likeness (QED) is 0.0229. The summed E-state index contributed by atoms with van der Waals surface area (Å²) in [7, 11) is 0. The maximum Gasteiger partial charge on any atom is 0.220 e. The van der Waals surface area contributed by atoms with Crippen molar-refractivity contribution in [2.24, 2.45) is 0 Å². The van der Waals surface area contributed by atoms with Crippen LogP contribution in [0.5, 0.6) is 0 Å². The van der Waals surface area contributed by atoms with E-state index in [1.165, 1.54) is 141 Å². The predicted molar refractivity (Wildman–Crippen MR) is 249 cm³/mol. The Kier molecular flexibility index (Phi) is 34.7. The number of carbonyl (C=O) groups excluding carboxylic acids is 1. The maximum absolute atomic E-state index is 13.2. The molecule has 2 fully saturated rings. The molecule has 0 aliphatic carbocycles. The highest BCUT2D eigenvalue weighted by Crippen LogP contribution is 2.30. The maximum atomic E-state index is 13.2. The molecule has 0 aromatic carbocycles. The van der Waals surface area contributed by atoms with Crippen LogP contribution in [0.1, 0.15) is 206 Å². The van der Waals surface area contributed by atoms with Crippen molar-refractivity contribution >= 4 is 5.91 Å². The van der Waals surface area contributed by atoms with Gasteiger partial charge in [-0.05, 0) is 19.3 Å². The van der Waals surface area contributed by atoms with E-state index in [1.807, 2.05) is 6.08 Å². The Morgan fingerprint density at radius 2 is 0.969 bits per heavy atom. The van der Waals surface area contributed by atoms with Crippen molar-refractivity contribution in [1.29, 1.82) is 0 Å². The topological polar surface area (TPSA) is 228 Å². The van der Waals surface area contributed by atoms with Crippen LogP contribution in [0, 0.1) is 0 Å². The molecule has 1 amide bonds. The molecular weight excluding hydrogens is 823 g/mol. The highest BCUT2D eigenvalue weighted by Gasteiger charge is 2.51. The van der Waals surface area contributed by atoms with E-state index in [1.54, 1.807) is 6.08 Å². The predicted octanol–water partition coefficient (Wildman–Crippen LogP) is 6.77. The van der Waals surface area contributed by atoms with Crippen LogP contribution in [0.2, 0.25) is 0 Å². The Bertz CT molecular complexity index is 1130. The normalized spacial score (nSPS) is 27.3. The van der Waals surface area contributed by atoms with Gasteiger partial charge in [0, 0.05) is 6.42 Å². The van der Waals surface area contributed by atoms with Crippen molar-refractivity contribution in [3.05, 3.63) is 12.2 Å². The van der Waals surface area contributed by atoms with Gasteiger partial charge in [0.05, 0.1) is 32.0 Å². The fourth-order valence-electron chi connectivity index (χ4n) is 8.70. The van der Waals surface area contributed by atoms with Crippen LogP contribution >= 0.6 is 0 Å². The van der Waals surface area contributed by atoms with Gasteiger partial charge in [-0.15, -0.1) is 0 Å². The van der Waals surface area contributed by atoms with Gasteiger partial charge in [-0.2, -0.15) is 0 Å². The highest BCUT2D eigenvalue weighted by molar-refractivity contribution is 5.76. The van der Waals surface area contributed by atoms with E-state index in [2.05, 4.69) is 19.2 Å². The third-order valence-corrected chi connectivity index (χ3v) is 13.0. The number of nitrogens with one attached hydrogen (secondary N) is 1. The molecule has 12 unspecified atom stereocenters. The number of amides is 1. The van der Waals surface area contributed by atoms with Crippen molar-refractivity contribution in [2.45, 2.75) is 280 Å². The zero-order valence-corrected chi connectivity index (χ0v) is 40.0. The van der Waals surface area contributed by atoms with Gasteiger partial charge in [-0.1, -0.05) is 193 Å². The van der Waals surface area contributed by atoms with E-state index in [9.17, 15) is 45.6 Å². The zero-order chi connectivity index (χ0) is 46.8. The average molecular weight is 918 g/mol. The van der Waals surface area contributed by atoms with Crippen molar-refractivity contribution < 1.29 is 64.6 Å². The van der Waals surface area contributed by atoms with E-state index in [4.69, 9.17) is 18.9 Å². The molecule has 2 saturated heterocycles. The summed E-state index contributed by atoms with van der Waals surface area (Å²) in [5, 5.41) is 86.6. The Morgan fingerprint density at radius 3 is 1.44 bits per heavy atom. The lowest BCUT2D eigenvalue weighted by molar-refractivity contribution is -0.359. The zero-order valence-electron chi connectivity index (χ0n) is 40.0. The fraction of sp³-hybridized carbons (Fsp3) is 0.940. The van der Waals surface area contributed by atoms with E-state index in [0.29, 0.717) is 6.42 Å². The summed E-state index contributed by atoms with van der Waals surface area (Å²) in [6, 6.07) is -0.907. The van der Waals surface area contributed by atoms with Crippen molar-refractivity contribution in [3.63, 3.8) is 0 Å². The fourth-order valence-corrected chi connectivity index (χ4v) is 8.70. The third kappa shape index (κ3) is 24.7. The molecule has 0 spiro atoms. The Labute approximate surface area is 386 Å². The van der Waals surface area contributed by atoms with Gasteiger partial charge < -0.3 is 65.1 Å². The molecule has 64 heavy (non-hydrogen) atoms. The summed E-state index contributed by atoms with van der Waals surface area (Å²) >= 11 is 0. The summed E-state index contributed by atoms with van der Waals surface area (Å²) in [4.78, 5) is 13.2. The van der Waals surface area contributed by atoms with Crippen LogP contribution in [0.25, 0.3) is 0 Å². The lowest BCUT2D eigenvalue weighted by atomic mass is 9.97. The van der Waals surface area contributed by atoms with Crippen LogP contribution in [-0.2, 0) is 23.7 Å². The molecule has 9 N–H and O–H groups in total. The number of aliphatic hydroxyl groups excluding tert-OH is 8. The van der Waals surface area contributed by atoms with E-state index >= 15 is 0 Å². The second-order valence-electron chi connectivity index (χ2n) is 18.7. The summed E-state index contributed by atoms with van der Waals surface area (Å²) < 4.78 is 22.7. The van der Waals surface area contributed by atoms with Crippen molar-refractivity contribution in [1.82, 2.24) is 5.32 Å². The minimum atomic E-state index is -1.78. The van der Waals surface area contributed by atoms with Gasteiger partial charge in [0.25, 0.3) is 0 Å². The smallest absolute Gasteiger partial charge is 0.220 e. The molecule has 0 bridgehead atoms. The summed E-state index contributed by atoms with van der Waals surface area (Å²) in [6.45, 7) is 2.78. The molecule has 2 aliphatic heterocycles. The molecule has 2 heterocycles. The highest BCUT2D eigenvalue weighted by atomic mass is 16.7. The molecule has 14 heteroatoms. The number of carbonyl (C=O) groups is 1. The summed E-state index contributed by atoms with van der Waals surface area (Å²) in [5.74, 6) is -0.238. The van der Waals surface area contributed by atoms with E-state index in [0.717, 1.165) is 38.5 Å². The lowest BCUT2D eigenvalue weighted by Crippen LogP contribution is -2.65. The third-order valence-electron chi connectivity index (χ3n) is 13.0. The number of hydrogen-bond acceptors (Lipinski definition) is 13. The van der Waals surface area contributed by atoms with Gasteiger partial charge in [-0.25, -0.2) is 0 Å². The van der Waals surface area contributed by atoms with Crippen molar-refractivity contribution in [2.75, 3.05) is 19.8 Å². The molecule has 12 atom stereocenters. The molecule has 378 valence electrons. The molecule has 0 aromatic rings. The minimum absolute atomic E-state index is 0.238. The standard InChI is InChI=1S/C50H95NO13/c1-3-5-7-9-11-13-15-16-17-18-19-20-21-22-24-26-28-30-32-34-42(55)51-38(39(54)33-31-29-27-25-23-14-12-10-8-6-4-2)37-61-49-47(60)45(58)48(41(36-53)63-49)64-50-46(59)44(57)43(56)40(35-52)62-50/h31,33,38-41,43-50,52-54,56-60H,3-30,32,34-37H2,1-2H3,(H,51,55)/b33-31+. The van der Waals surface area contributed by atoms with Crippen LogP contribution in [0.15, 0.2) is 12.2 Å². The van der Waals surface area contributed by atoms with E-state index in [-0.39, 0.29) is 18.9 Å². The van der Waals surface area contributed by atoms with Gasteiger partial charge in [0.1, 0.15) is 48.8 Å². The molecule has 0 saturated carbocycles. The van der Waals surface area contributed by atoms with Gasteiger partial charge >= 0.3 is 0 Å². The van der Waals surface area contributed by atoms with E-state index < -0.39 is 86.8 Å². The summed E-state index contributed by atoms with van der Waals surface area (Å²) in [6.07, 6.45) is 22.6. The molecular formula is C50H95NO13. The molecule has 2 aliphatic rings. The second kappa shape index (κ2) is 37.7. The SMILES string of the molecule is CCCCCCCCCCC/C=C/C(O)C(COC1OC(CO)C(OC2OC(CO)C(O)C(O)C2O)C(O)C1O)NC(=O)CCCCCCCCCCCCCCCCCCCCC. The second-order valence-corrected chi connectivity index (χ2v) is 18.7. The Hall–Kier alpha value is -1.27. The number of allylic oxidation sites excluding steroid dienone is 1. The molecule has 14 nitrogen and oxygen atoms in total. The first-order chi connectivity index (χ1) is 31.1. The average Bonchev–Trinajstić information content (AvgIpc) is 3.29. The summed E-state index contributed by atoms with van der Waals surface area (Å²) in [5.41, 5.74) is 0.